The van der Waals surface area contributed by atoms with Crippen LogP contribution in [0.2, 0.25) is 0 Å². The average Bonchev–Trinajstić information content (AvgIpc) is 2.87. The van der Waals surface area contributed by atoms with E-state index in [1.807, 2.05) is 19.1 Å². The molecule has 0 bridgehead atoms. The van der Waals surface area contributed by atoms with E-state index in [1.165, 1.54) is 25.3 Å². The number of benzene rings is 2. The lowest BCUT2D eigenvalue weighted by Crippen LogP contribution is -2.24. The minimum atomic E-state index is -0.349. The third-order valence-electron chi connectivity index (χ3n) is 6.13. The van der Waals surface area contributed by atoms with Gasteiger partial charge < -0.3 is 14.8 Å². The average molecular weight is 461 g/mol. The van der Waals surface area contributed by atoms with Crippen LogP contribution in [-0.2, 0) is 20.7 Å². The predicted octanol–water partition coefficient (Wildman–Crippen LogP) is 5.60. The van der Waals surface area contributed by atoms with E-state index in [9.17, 15) is 9.59 Å². The standard InChI is InChI=1S/C14H19NO2.C14H13NO2/c2*1-4-10-7-9(2)13-12(8-10)11(5-6-15-13)14(16)17-3/h7-8,11,15H,4-6H2,1-3H3;4-8H,1H2,2-3H3. The SMILES string of the molecule is C=Cc1cc(C)c2nccc(C(=O)OC)c2c1.CCc1cc(C)c2c(c1)C(C(=O)OC)CCN2. The summed E-state index contributed by atoms with van der Waals surface area (Å²) < 4.78 is 9.66. The molecule has 3 aromatic rings. The molecule has 1 aliphatic rings. The fourth-order valence-corrected chi connectivity index (χ4v) is 4.36. The number of anilines is 1. The van der Waals surface area contributed by atoms with Gasteiger partial charge >= 0.3 is 11.9 Å². The number of aromatic nitrogens is 1. The van der Waals surface area contributed by atoms with Gasteiger partial charge in [0.25, 0.3) is 0 Å². The van der Waals surface area contributed by atoms with Crippen molar-refractivity contribution in [3.8, 4) is 0 Å². The summed E-state index contributed by atoms with van der Waals surface area (Å²) in [5.74, 6) is -0.583. The molecule has 178 valence electrons. The van der Waals surface area contributed by atoms with Crippen LogP contribution in [0.25, 0.3) is 17.0 Å². The van der Waals surface area contributed by atoms with Crippen molar-refractivity contribution in [1.82, 2.24) is 4.98 Å². The Morgan fingerprint density at radius 3 is 2.56 bits per heavy atom. The van der Waals surface area contributed by atoms with Gasteiger partial charge in [-0.2, -0.15) is 0 Å². The molecule has 1 aliphatic heterocycles. The molecule has 0 saturated carbocycles. The number of rotatable bonds is 4. The maximum atomic E-state index is 11.8. The second-order valence-electron chi connectivity index (χ2n) is 8.31. The van der Waals surface area contributed by atoms with Gasteiger partial charge in [0.1, 0.15) is 0 Å². The molecule has 1 atom stereocenters. The zero-order valence-corrected chi connectivity index (χ0v) is 20.5. The number of pyridine rings is 1. The van der Waals surface area contributed by atoms with Crippen molar-refractivity contribution in [2.75, 3.05) is 26.1 Å². The summed E-state index contributed by atoms with van der Waals surface area (Å²) in [6.45, 7) is 10.7. The van der Waals surface area contributed by atoms with Crippen LogP contribution in [0.1, 0.15) is 57.4 Å². The lowest BCUT2D eigenvalue weighted by atomic mass is 9.87. The Labute approximate surface area is 201 Å². The first-order chi connectivity index (χ1) is 16.3. The van der Waals surface area contributed by atoms with E-state index in [2.05, 4.69) is 42.9 Å². The molecule has 0 fully saturated rings. The maximum absolute atomic E-state index is 11.8. The number of nitrogens with one attached hydrogen (secondary N) is 1. The summed E-state index contributed by atoms with van der Waals surface area (Å²) in [4.78, 5) is 27.7. The second-order valence-corrected chi connectivity index (χ2v) is 8.31. The van der Waals surface area contributed by atoms with Crippen LogP contribution in [0.5, 0.6) is 0 Å². The molecule has 6 heteroatoms. The summed E-state index contributed by atoms with van der Waals surface area (Å²) >= 11 is 0. The quantitative estimate of drug-likeness (QED) is 0.511. The lowest BCUT2D eigenvalue weighted by Gasteiger charge is -2.27. The normalized spacial score (nSPS) is 14.2. The van der Waals surface area contributed by atoms with Crippen LogP contribution in [0, 0.1) is 13.8 Å². The molecule has 2 aromatic carbocycles. The minimum Gasteiger partial charge on any atom is -0.469 e. The van der Waals surface area contributed by atoms with E-state index in [1.54, 1.807) is 18.3 Å². The molecule has 0 saturated heterocycles. The van der Waals surface area contributed by atoms with E-state index >= 15 is 0 Å². The number of hydrogen-bond acceptors (Lipinski definition) is 6. The topological polar surface area (TPSA) is 77.5 Å². The predicted molar refractivity (Wildman–Crippen MR) is 136 cm³/mol. The Bertz CT molecular complexity index is 1230. The number of aryl methyl sites for hydroxylation is 3. The van der Waals surface area contributed by atoms with Crippen molar-refractivity contribution in [3.63, 3.8) is 0 Å². The molecule has 0 aliphatic carbocycles. The Morgan fingerprint density at radius 1 is 1.15 bits per heavy atom. The first kappa shape index (κ1) is 25.0. The number of carbonyl (C=O) groups is 2. The van der Waals surface area contributed by atoms with Crippen LogP contribution in [0.4, 0.5) is 5.69 Å². The van der Waals surface area contributed by atoms with Crippen LogP contribution < -0.4 is 5.32 Å². The smallest absolute Gasteiger partial charge is 0.338 e. The van der Waals surface area contributed by atoms with Crippen LogP contribution >= 0.6 is 0 Å². The monoisotopic (exact) mass is 460 g/mol. The maximum Gasteiger partial charge on any atom is 0.338 e. The first-order valence-electron chi connectivity index (χ1n) is 11.4. The molecule has 0 spiro atoms. The Balaban J connectivity index is 0.000000191. The van der Waals surface area contributed by atoms with Crippen LogP contribution in [-0.4, -0.2) is 37.7 Å². The molecule has 0 radical (unpaired) electrons. The van der Waals surface area contributed by atoms with Gasteiger partial charge in [0.15, 0.2) is 0 Å². The van der Waals surface area contributed by atoms with Gasteiger partial charge in [-0.15, -0.1) is 0 Å². The highest BCUT2D eigenvalue weighted by Gasteiger charge is 2.28. The summed E-state index contributed by atoms with van der Waals surface area (Å²) in [7, 11) is 2.83. The third-order valence-corrected chi connectivity index (χ3v) is 6.13. The Morgan fingerprint density at radius 2 is 1.91 bits per heavy atom. The largest absolute Gasteiger partial charge is 0.469 e. The van der Waals surface area contributed by atoms with Gasteiger partial charge in [0.05, 0.1) is 31.2 Å². The van der Waals surface area contributed by atoms with Gasteiger partial charge in [-0.1, -0.05) is 31.7 Å². The Hall–Kier alpha value is -3.67. The van der Waals surface area contributed by atoms with Crippen LogP contribution in [0.15, 0.2) is 43.1 Å². The fourth-order valence-electron chi connectivity index (χ4n) is 4.36. The molecule has 6 nitrogen and oxygen atoms in total. The molecule has 1 aromatic heterocycles. The number of fused-ring (bicyclic) bond motifs is 2. The summed E-state index contributed by atoms with van der Waals surface area (Å²) in [6.07, 6.45) is 5.17. The first-order valence-corrected chi connectivity index (χ1v) is 11.4. The molecule has 4 rings (SSSR count). The van der Waals surface area contributed by atoms with Crippen molar-refractivity contribution in [1.29, 1.82) is 0 Å². The fraction of sp³-hybridized carbons (Fsp3) is 0.321. The molecule has 34 heavy (non-hydrogen) atoms. The number of carbonyl (C=O) groups excluding carboxylic acids is 2. The summed E-state index contributed by atoms with van der Waals surface area (Å²) in [5.41, 5.74) is 8.04. The lowest BCUT2D eigenvalue weighted by molar-refractivity contribution is -0.142. The summed E-state index contributed by atoms with van der Waals surface area (Å²) in [5, 5.41) is 4.18. The van der Waals surface area contributed by atoms with Crippen LogP contribution in [0.3, 0.4) is 0 Å². The molecule has 1 unspecified atom stereocenters. The zero-order chi connectivity index (χ0) is 24.8. The van der Waals surface area contributed by atoms with Crippen molar-refractivity contribution >= 4 is 34.6 Å². The van der Waals surface area contributed by atoms with E-state index < -0.39 is 0 Å². The van der Waals surface area contributed by atoms with E-state index in [0.29, 0.717) is 5.56 Å². The highest BCUT2D eigenvalue weighted by atomic mass is 16.5. The van der Waals surface area contributed by atoms with Gasteiger partial charge in [-0.3, -0.25) is 9.78 Å². The molecule has 1 N–H and O–H groups in total. The number of nitrogens with zero attached hydrogens (tertiary/aromatic N) is 1. The van der Waals surface area contributed by atoms with Crippen molar-refractivity contribution in [3.05, 3.63) is 76.5 Å². The minimum absolute atomic E-state index is 0.110. The van der Waals surface area contributed by atoms with Crippen molar-refractivity contribution in [2.24, 2.45) is 0 Å². The molecular formula is C28H32N2O4. The van der Waals surface area contributed by atoms with E-state index in [0.717, 1.165) is 52.7 Å². The molecule has 0 amide bonds. The van der Waals surface area contributed by atoms with E-state index in [-0.39, 0.29) is 17.9 Å². The third kappa shape index (κ3) is 5.11. The molecular weight excluding hydrogens is 428 g/mol. The Kier molecular flexibility index (Phi) is 8.05. The number of methoxy groups -OCH3 is 2. The van der Waals surface area contributed by atoms with Gasteiger partial charge in [0, 0.05) is 23.8 Å². The second kappa shape index (κ2) is 11.0. The number of ether oxygens (including phenoxy) is 2. The summed E-state index contributed by atoms with van der Waals surface area (Å²) in [6, 6.07) is 9.88. The molecule has 2 heterocycles. The van der Waals surface area contributed by atoms with E-state index in [4.69, 9.17) is 9.47 Å². The van der Waals surface area contributed by atoms with Gasteiger partial charge in [0.2, 0.25) is 0 Å². The number of esters is 2. The highest BCUT2D eigenvalue weighted by Crippen LogP contribution is 2.35. The van der Waals surface area contributed by atoms with Crippen molar-refractivity contribution < 1.29 is 19.1 Å². The van der Waals surface area contributed by atoms with Gasteiger partial charge in [-0.05, 0) is 72.7 Å². The van der Waals surface area contributed by atoms with Gasteiger partial charge in [-0.25, -0.2) is 4.79 Å². The highest BCUT2D eigenvalue weighted by molar-refractivity contribution is 6.04. The number of hydrogen-bond donors (Lipinski definition) is 1. The van der Waals surface area contributed by atoms with Crippen molar-refractivity contribution in [2.45, 2.75) is 39.5 Å². The zero-order valence-electron chi connectivity index (χ0n) is 20.5.